The highest BCUT2D eigenvalue weighted by molar-refractivity contribution is 9.10. The molecule has 0 aliphatic carbocycles. The first-order chi connectivity index (χ1) is 4.74. The Morgan fingerprint density at radius 2 is 2.20 bits per heavy atom. The minimum absolute atomic E-state index is 0.725. The van der Waals surface area contributed by atoms with Gasteiger partial charge in [-0.25, -0.2) is 4.85 Å². The van der Waals surface area contributed by atoms with Crippen LogP contribution in [0.25, 0.3) is 4.85 Å². The Bertz CT molecular complexity index is 286. The standard InChI is InChI=1S/C8H6BrN/c1-6-5-7(9)3-4-8(6)10-2/h3-5H,1H3. The molecule has 50 valence electrons. The van der Waals surface area contributed by atoms with Crippen molar-refractivity contribution in [3.8, 4) is 0 Å². The van der Waals surface area contributed by atoms with Crippen molar-refractivity contribution in [2.45, 2.75) is 6.92 Å². The number of aryl methyl sites for hydroxylation is 1. The first-order valence-corrected chi connectivity index (χ1v) is 3.67. The highest BCUT2D eigenvalue weighted by Gasteiger charge is 1.95. The molecule has 0 saturated carbocycles. The van der Waals surface area contributed by atoms with Crippen molar-refractivity contribution in [2.75, 3.05) is 0 Å². The number of hydrogen-bond donors (Lipinski definition) is 0. The summed E-state index contributed by atoms with van der Waals surface area (Å²) in [5.41, 5.74) is 1.74. The molecule has 0 radical (unpaired) electrons. The van der Waals surface area contributed by atoms with Gasteiger partial charge in [-0.3, -0.25) is 0 Å². The van der Waals surface area contributed by atoms with Crippen LogP contribution in [0.2, 0.25) is 0 Å². The Morgan fingerprint density at radius 1 is 1.50 bits per heavy atom. The van der Waals surface area contributed by atoms with Gasteiger partial charge in [0, 0.05) is 4.47 Å². The molecule has 0 unspecified atom stereocenters. The Labute approximate surface area is 68.6 Å². The molecule has 1 aromatic rings. The van der Waals surface area contributed by atoms with E-state index >= 15 is 0 Å². The molecule has 0 aliphatic rings. The van der Waals surface area contributed by atoms with Crippen molar-refractivity contribution < 1.29 is 0 Å². The van der Waals surface area contributed by atoms with E-state index in [1.807, 2.05) is 25.1 Å². The quantitative estimate of drug-likeness (QED) is 0.560. The topological polar surface area (TPSA) is 4.36 Å². The van der Waals surface area contributed by atoms with Gasteiger partial charge in [0.15, 0.2) is 5.69 Å². The summed E-state index contributed by atoms with van der Waals surface area (Å²) < 4.78 is 1.03. The van der Waals surface area contributed by atoms with Crippen molar-refractivity contribution in [3.05, 3.63) is 39.7 Å². The molecule has 0 N–H and O–H groups in total. The van der Waals surface area contributed by atoms with Gasteiger partial charge in [-0.1, -0.05) is 34.1 Å². The maximum Gasteiger partial charge on any atom is 0.190 e. The third-order valence-corrected chi connectivity index (χ3v) is 1.77. The van der Waals surface area contributed by atoms with E-state index < -0.39 is 0 Å². The van der Waals surface area contributed by atoms with Gasteiger partial charge < -0.3 is 0 Å². The molecule has 0 bridgehead atoms. The van der Waals surface area contributed by atoms with Crippen LogP contribution in [0.4, 0.5) is 5.69 Å². The van der Waals surface area contributed by atoms with Gasteiger partial charge in [-0.15, -0.1) is 0 Å². The fourth-order valence-electron chi connectivity index (χ4n) is 0.744. The lowest BCUT2D eigenvalue weighted by Gasteiger charge is -1.95. The van der Waals surface area contributed by atoms with E-state index in [2.05, 4.69) is 20.8 Å². The van der Waals surface area contributed by atoms with Gasteiger partial charge in [0.05, 0.1) is 6.57 Å². The zero-order valence-corrected chi connectivity index (χ0v) is 7.14. The molecular formula is C8H6BrN. The first-order valence-electron chi connectivity index (χ1n) is 2.87. The molecule has 0 amide bonds. The Morgan fingerprint density at radius 3 is 2.70 bits per heavy atom. The number of halogens is 1. The largest absolute Gasteiger partial charge is 0.238 e. The summed E-state index contributed by atoms with van der Waals surface area (Å²) in [4.78, 5) is 3.34. The van der Waals surface area contributed by atoms with Crippen LogP contribution < -0.4 is 0 Å². The maximum atomic E-state index is 6.76. The van der Waals surface area contributed by atoms with E-state index in [9.17, 15) is 0 Å². The van der Waals surface area contributed by atoms with E-state index in [4.69, 9.17) is 6.57 Å². The minimum atomic E-state index is 0.725. The van der Waals surface area contributed by atoms with Gasteiger partial charge in [0.1, 0.15) is 0 Å². The molecule has 2 heteroatoms. The molecular weight excluding hydrogens is 190 g/mol. The van der Waals surface area contributed by atoms with Gasteiger partial charge in [-0.05, 0) is 12.5 Å². The van der Waals surface area contributed by atoms with Crippen LogP contribution in [-0.4, -0.2) is 0 Å². The lowest BCUT2D eigenvalue weighted by atomic mass is 10.2. The van der Waals surface area contributed by atoms with E-state index in [1.54, 1.807) is 0 Å². The number of nitrogens with zero attached hydrogens (tertiary/aromatic N) is 1. The minimum Gasteiger partial charge on any atom is -0.238 e. The SMILES string of the molecule is [C-]#[N+]c1ccc(Br)cc1C. The van der Waals surface area contributed by atoms with Crippen LogP contribution in [0.5, 0.6) is 0 Å². The molecule has 0 saturated heterocycles. The Kier molecular flexibility index (Phi) is 2.08. The summed E-state index contributed by atoms with van der Waals surface area (Å²) in [6, 6.07) is 5.63. The predicted molar refractivity (Wildman–Crippen MR) is 45.1 cm³/mol. The monoisotopic (exact) mass is 195 g/mol. The normalized spacial score (nSPS) is 8.90. The Balaban J connectivity index is 3.23. The zero-order valence-electron chi connectivity index (χ0n) is 5.56. The van der Waals surface area contributed by atoms with Crippen molar-refractivity contribution >= 4 is 21.6 Å². The van der Waals surface area contributed by atoms with Gasteiger partial charge in [0.2, 0.25) is 0 Å². The summed E-state index contributed by atoms with van der Waals surface area (Å²) in [6.45, 7) is 8.69. The molecule has 1 rings (SSSR count). The fourth-order valence-corrected chi connectivity index (χ4v) is 1.22. The van der Waals surface area contributed by atoms with Gasteiger partial charge >= 0.3 is 0 Å². The molecule has 0 aromatic heterocycles. The third-order valence-electron chi connectivity index (χ3n) is 1.28. The Hall–Kier alpha value is -0.810. The summed E-state index contributed by atoms with van der Waals surface area (Å²) in [6.07, 6.45) is 0. The van der Waals surface area contributed by atoms with E-state index in [1.165, 1.54) is 0 Å². The van der Waals surface area contributed by atoms with Crippen LogP contribution in [0.15, 0.2) is 22.7 Å². The predicted octanol–water partition coefficient (Wildman–Crippen LogP) is 3.31. The molecule has 0 fully saturated rings. The van der Waals surface area contributed by atoms with Crippen molar-refractivity contribution in [1.29, 1.82) is 0 Å². The van der Waals surface area contributed by atoms with Gasteiger partial charge in [-0.2, -0.15) is 0 Å². The number of hydrogen-bond acceptors (Lipinski definition) is 0. The maximum absolute atomic E-state index is 6.76. The summed E-state index contributed by atoms with van der Waals surface area (Å²) in [7, 11) is 0. The summed E-state index contributed by atoms with van der Waals surface area (Å²) in [5.74, 6) is 0. The van der Waals surface area contributed by atoms with E-state index in [-0.39, 0.29) is 0 Å². The second kappa shape index (κ2) is 2.85. The first kappa shape index (κ1) is 7.30. The van der Waals surface area contributed by atoms with E-state index in [0.29, 0.717) is 0 Å². The van der Waals surface area contributed by atoms with Crippen molar-refractivity contribution in [2.24, 2.45) is 0 Å². The molecule has 0 atom stereocenters. The highest BCUT2D eigenvalue weighted by atomic mass is 79.9. The van der Waals surface area contributed by atoms with E-state index in [0.717, 1.165) is 15.7 Å². The molecule has 0 aliphatic heterocycles. The van der Waals surface area contributed by atoms with Crippen molar-refractivity contribution in [1.82, 2.24) is 0 Å². The molecule has 0 heterocycles. The average Bonchev–Trinajstić information content (AvgIpc) is 1.88. The van der Waals surface area contributed by atoms with Gasteiger partial charge in [0.25, 0.3) is 0 Å². The number of benzene rings is 1. The average molecular weight is 196 g/mol. The highest BCUT2D eigenvalue weighted by Crippen LogP contribution is 2.21. The zero-order chi connectivity index (χ0) is 7.56. The lowest BCUT2D eigenvalue weighted by Crippen LogP contribution is -1.70. The molecule has 1 nitrogen and oxygen atoms in total. The second-order valence-electron chi connectivity index (χ2n) is 2.04. The molecule has 1 aromatic carbocycles. The summed E-state index contributed by atoms with van der Waals surface area (Å²) >= 11 is 3.32. The fraction of sp³-hybridized carbons (Fsp3) is 0.125. The number of rotatable bonds is 0. The van der Waals surface area contributed by atoms with Crippen LogP contribution in [-0.2, 0) is 0 Å². The smallest absolute Gasteiger partial charge is 0.190 e. The lowest BCUT2D eigenvalue weighted by molar-refractivity contribution is 1.47. The van der Waals surface area contributed by atoms with Crippen LogP contribution in [0.3, 0.4) is 0 Å². The van der Waals surface area contributed by atoms with Crippen molar-refractivity contribution in [3.63, 3.8) is 0 Å². The molecule has 10 heavy (non-hydrogen) atoms. The van der Waals surface area contributed by atoms with Crippen LogP contribution in [0, 0.1) is 13.5 Å². The van der Waals surface area contributed by atoms with Crippen LogP contribution >= 0.6 is 15.9 Å². The second-order valence-corrected chi connectivity index (χ2v) is 2.96. The summed E-state index contributed by atoms with van der Waals surface area (Å²) in [5, 5.41) is 0. The molecule has 0 spiro atoms. The van der Waals surface area contributed by atoms with Crippen LogP contribution in [0.1, 0.15) is 5.56 Å². The third kappa shape index (κ3) is 1.37.